The van der Waals surface area contributed by atoms with Gasteiger partial charge in [0.1, 0.15) is 0 Å². The number of methoxy groups -OCH3 is 1. The van der Waals surface area contributed by atoms with Crippen molar-refractivity contribution in [2.75, 3.05) is 14.2 Å². The molecule has 2 aliphatic carbocycles. The maximum absolute atomic E-state index is 6.09. The van der Waals surface area contributed by atoms with E-state index in [4.69, 9.17) is 4.74 Å². The molecule has 2 heteroatoms. The first kappa shape index (κ1) is 15.3. The van der Waals surface area contributed by atoms with Crippen molar-refractivity contribution in [1.82, 2.24) is 5.32 Å². The summed E-state index contributed by atoms with van der Waals surface area (Å²) in [5.74, 6) is 1.77. The quantitative estimate of drug-likeness (QED) is 0.808. The van der Waals surface area contributed by atoms with Gasteiger partial charge in [-0.15, -0.1) is 0 Å². The highest BCUT2D eigenvalue weighted by Crippen LogP contribution is 2.42. The number of hydrogen-bond donors (Lipinski definition) is 1. The molecule has 3 atom stereocenters. The van der Waals surface area contributed by atoms with E-state index in [2.05, 4.69) is 19.3 Å². The Morgan fingerprint density at radius 3 is 2.47 bits per heavy atom. The van der Waals surface area contributed by atoms with E-state index in [-0.39, 0.29) is 5.60 Å². The summed E-state index contributed by atoms with van der Waals surface area (Å²) in [4.78, 5) is 0. The molecule has 0 aromatic heterocycles. The number of nitrogens with one attached hydrogen (secondary N) is 1. The summed E-state index contributed by atoms with van der Waals surface area (Å²) in [6.07, 6.45) is 13.6. The molecule has 2 aliphatic rings. The molecule has 0 aromatic rings. The number of hydrogen-bond acceptors (Lipinski definition) is 2. The highest BCUT2D eigenvalue weighted by Gasteiger charge is 2.44. The maximum Gasteiger partial charge on any atom is 0.0833 e. The Kier molecular flexibility index (Phi) is 5.70. The Morgan fingerprint density at radius 1 is 1.16 bits per heavy atom. The average molecular weight is 267 g/mol. The van der Waals surface area contributed by atoms with Gasteiger partial charge in [0.05, 0.1) is 5.60 Å². The molecule has 2 nitrogen and oxygen atoms in total. The minimum atomic E-state index is 0.118. The lowest BCUT2D eigenvalue weighted by Gasteiger charge is -2.47. The Labute approximate surface area is 119 Å². The topological polar surface area (TPSA) is 21.3 Å². The van der Waals surface area contributed by atoms with Crippen LogP contribution < -0.4 is 5.32 Å². The van der Waals surface area contributed by atoms with Crippen LogP contribution in [0.3, 0.4) is 0 Å². The number of likely N-dealkylation sites (N-methyl/N-ethyl adjacent to an activating group) is 1. The zero-order valence-corrected chi connectivity index (χ0v) is 13.2. The van der Waals surface area contributed by atoms with E-state index < -0.39 is 0 Å². The van der Waals surface area contributed by atoms with Crippen LogP contribution in [0.5, 0.6) is 0 Å². The molecule has 1 N–H and O–H groups in total. The summed E-state index contributed by atoms with van der Waals surface area (Å²) in [7, 11) is 4.09. The number of ether oxygens (including phenoxy) is 1. The molecular weight excluding hydrogens is 234 g/mol. The molecule has 0 bridgehead atoms. The largest absolute Gasteiger partial charge is 0.377 e. The lowest BCUT2D eigenvalue weighted by atomic mass is 9.68. The highest BCUT2D eigenvalue weighted by atomic mass is 16.5. The van der Waals surface area contributed by atoms with Gasteiger partial charge in [0.2, 0.25) is 0 Å². The Morgan fingerprint density at radius 2 is 1.89 bits per heavy atom. The summed E-state index contributed by atoms with van der Waals surface area (Å²) in [5.41, 5.74) is 0.118. The average Bonchev–Trinajstić information content (AvgIpc) is 2.49. The van der Waals surface area contributed by atoms with Gasteiger partial charge in [-0.1, -0.05) is 45.4 Å². The van der Waals surface area contributed by atoms with Gasteiger partial charge in [0, 0.05) is 13.2 Å². The standard InChI is InChI=1S/C17H33NO/c1-4-14-9-8-10-15(13-14)16(18-2)17(19-3)11-6-5-7-12-17/h14-16,18H,4-13H2,1-3H3. The third-order valence-corrected chi connectivity index (χ3v) is 5.86. The van der Waals surface area contributed by atoms with E-state index >= 15 is 0 Å². The lowest BCUT2D eigenvalue weighted by molar-refractivity contribution is -0.0855. The van der Waals surface area contributed by atoms with Gasteiger partial charge < -0.3 is 10.1 Å². The third kappa shape index (κ3) is 3.33. The molecule has 0 saturated heterocycles. The molecule has 0 aromatic carbocycles. The summed E-state index contributed by atoms with van der Waals surface area (Å²) in [5, 5.41) is 3.65. The molecule has 0 spiro atoms. The molecule has 2 saturated carbocycles. The second-order valence-electron chi connectivity index (χ2n) is 6.80. The van der Waals surface area contributed by atoms with Gasteiger partial charge in [-0.3, -0.25) is 0 Å². The Hall–Kier alpha value is -0.0800. The van der Waals surface area contributed by atoms with Gasteiger partial charge >= 0.3 is 0 Å². The second-order valence-corrected chi connectivity index (χ2v) is 6.80. The molecule has 0 aliphatic heterocycles. The number of rotatable bonds is 5. The molecule has 112 valence electrons. The van der Waals surface area contributed by atoms with Crippen LogP contribution in [0.4, 0.5) is 0 Å². The predicted octanol–water partition coefficient (Wildman–Crippen LogP) is 4.14. The molecular formula is C17H33NO. The van der Waals surface area contributed by atoms with Gasteiger partial charge in [-0.25, -0.2) is 0 Å². The van der Waals surface area contributed by atoms with Crippen molar-refractivity contribution >= 4 is 0 Å². The zero-order valence-electron chi connectivity index (χ0n) is 13.2. The molecule has 2 rings (SSSR count). The van der Waals surface area contributed by atoms with Crippen LogP contribution in [-0.4, -0.2) is 25.8 Å². The fraction of sp³-hybridized carbons (Fsp3) is 1.00. The van der Waals surface area contributed by atoms with E-state index in [0.29, 0.717) is 6.04 Å². The minimum absolute atomic E-state index is 0.118. The summed E-state index contributed by atoms with van der Waals surface area (Å²) < 4.78 is 6.09. The van der Waals surface area contributed by atoms with Crippen LogP contribution >= 0.6 is 0 Å². The summed E-state index contributed by atoms with van der Waals surface area (Å²) in [6, 6.07) is 0.562. The van der Waals surface area contributed by atoms with E-state index in [1.165, 1.54) is 64.2 Å². The van der Waals surface area contributed by atoms with Crippen molar-refractivity contribution in [2.45, 2.75) is 82.8 Å². The molecule has 19 heavy (non-hydrogen) atoms. The molecule has 0 amide bonds. The van der Waals surface area contributed by atoms with Crippen LogP contribution in [-0.2, 0) is 4.74 Å². The SMILES string of the molecule is CCC1CCCC(C(NC)C2(OC)CCCCC2)C1. The molecule has 3 unspecified atom stereocenters. The first-order valence-electron chi connectivity index (χ1n) is 8.48. The minimum Gasteiger partial charge on any atom is -0.377 e. The van der Waals surface area contributed by atoms with Crippen molar-refractivity contribution in [3.8, 4) is 0 Å². The fourth-order valence-electron chi connectivity index (χ4n) is 4.73. The summed E-state index contributed by atoms with van der Waals surface area (Å²) >= 11 is 0. The van der Waals surface area contributed by atoms with Crippen LogP contribution in [0.1, 0.15) is 71.1 Å². The monoisotopic (exact) mass is 267 g/mol. The smallest absolute Gasteiger partial charge is 0.0833 e. The maximum atomic E-state index is 6.09. The van der Waals surface area contributed by atoms with Crippen LogP contribution in [0, 0.1) is 11.8 Å². The van der Waals surface area contributed by atoms with Crippen LogP contribution in [0.2, 0.25) is 0 Å². The zero-order chi connectivity index (χ0) is 13.7. The van der Waals surface area contributed by atoms with E-state index in [1.54, 1.807) is 0 Å². The third-order valence-electron chi connectivity index (χ3n) is 5.86. The molecule has 0 heterocycles. The van der Waals surface area contributed by atoms with E-state index in [1.807, 2.05) is 7.11 Å². The van der Waals surface area contributed by atoms with Crippen molar-refractivity contribution in [3.05, 3.63) is 0 Å². The highest BCUT2D eigenvalue weighted by molar-refractivity contribution is 4.99. The first-order chi connectivity index (χ1) is 9.25. The fourth-order valence-corrected chi connectivity index (χ4v) is 4.73. The normalized spacial score (nSPS) is 33.0. The van der Waals surface area contributed by atoms with Crippen LogP contribution in [0.15, 0.2) is 0 Å². The van der Waals surface area contributed by atoms with Gasteiger partial charge in [-0.05, 0) is 44.6 Å². The molecule has 0 radical (unpaired) electrons. The van der Waals surface area contributed by atoms with Gasteiger partial charge in [0.15, 0.2) is 0 Å². The Balaban J connectivity index is 2.08. The van der Waals surface area contributed by atoms with Crippen LogP contribution in [0.25, 0.3) is 0 Å². The van der Waals surface area contributed by atoms with Crippen molar-refractivity contribution in [3.63, 3.8) is 0 Å². The van der Waals surface area contributed by atoms with Gasteiger partial charge in [0.25, 0.3) is 0 Å². The van der Waals surface area contributed by atoms with Crippen molar-refractivity contribution in [2.24, 2.45) is 11.8 Å². The molecule has 2 fully saturated rings. The first-order valence-corrected chi connectivity index (χ1v) is 8.48. The Bertz CT molecular complexity index is 260. The predicted molar refractivity (Wildman–Crippen MR) is 81.4 cm³/mol. The lowest BCUT2D eigenvalue weighted by Crippen LogP contribution is -2.56. The second kappa shape index (κ2) is 7.08. The van der Waals surface area contributed by atoms with Crippen molar-refractivity contribution in [1.29, 1.82) is 0 Å². The summed E-state index contributed by atoms with van der Waals surface area (Å²) in [6.45, 7) is 2.36. The van der Waals surface area contributed by atoms with Crippen molar-refractivity contribution < 1.29 is 4.74 Å². The van der Waals surface area contributed by atoms with E-state index in [9.17, 15) is 0 Å². The van der Waals surface area contributed by atoms with E-state index in [0.717, 1.165) is 11.8 Å². The van der Waals surface area contributed by atoms with Gasteiger partial charge in [-0.2, -0.15) is 0 Å².